The Kier molecular flexibility index (Phi) is 6.07. The second-order valence-electron chi connectivity index (χ2n) is 7.60. The van der Waals surface area contributed by atoms with E-state index in [1.807, 2.05) is 0 Å². The summed E-state index contributed by atoms with van der Waals surface area (Å²) in [7, 11) is -3.74. The van der Waals surface area contributed by atoms with Gasteiger partial charge in [0.1, 0.15) is 11.4 Å². The van der Waals surface area contributed by atoms with Crippen LogP contribution in [0, 0.1) is 0 Å². The topological polar surface area (TPSA) is 105 Å². The van der Waals surface area contributed by atoms with Gasteiger partial charge in [-0.15, -0.1) is 0 Å². The average Bonchev–Trinajstić information content (AvgIpc) is 3.10. The first-order chi connectivity index (χ1) is 15.2. The molecule has 10 heteroatoms. The largest absolute Gasteiger partial charge is 0.462 e. The number of hydrogen-bond donors (Lipinski definition) is 1. The van der Waals surface area contributed by atoms with Crippen LogP contribution in [0.4, 0.5) is 0 Å². The Labute approximate surface area is 191 Å². The third-order valence-electron chi connectivity index (χ3n) is 5.56. The molecule has 0 unspecified atom stereocenters. The number of aliphatic imine (C=N–C) groups is 1. The monoisotopic (exact) mass is 475 g/mol. The zero-order valence-electron chi connectivity index (χ0n) is 17.4. The predicted octanol–water partition coefficient (Wildman–Crippen LogP) is 2.62. The van der Waals surface area contributed by atoms with E-state index in [1.165, 1.54) is 28.6 Å². The summed E-state index contributed by atoms with van der Waals surface area (Å²) < 4.78 is 32.4. The standard InChI is InChI=1S/C22H22ClN3O5S/c1-2-31-21(28)16-5-9-18(10-6-16)32(29,30)26-13-11-22(12-14-26)24-19(20(27)25-22)15-3-7-17(23)8-4-15/h3-10H,2,11-14H2,1H3,(H,25,27). The molecule has 1 spiro atoms. The summed E-state index contributed by atoms with van der Waals surface area (Å²) in [5.41, 5.74) is 0.473. The van der Waals surface area contributed by atoms with Crippen LogP contribution in [0.5, 0.6) is 0 Å². The molecule has 1 fully saturated rings. The molecule has 0 aromatic heterocycles. The van der Waals surface area contributed by atoms with Crippen LogP contribution in [-0.2, 0) is 19.6 Å². The first-order valence-corrected chi connectivity index (χ1v) is 12.0. The molecule has 8 nitrogen and oxygen atoms in total. The molecular formula is C22H22ClN3O5S. The van der Waals surface area contributed by atoms with E-state index in [2.05, 4.69) is 10.3 Å². The van der Waals surface area contributed by atoms with Crippen molar-refractivity contribution in [3.63, 3.8) is 0 Å². The summed E-state index contributed by atoms with van der Waals surface area (Å²) in [4.78, 5) is 29.0. The number of carbonyl (C=O) groups excluding carboxylic acids is 2. The first-order valence-electron chi connectivity index (χ1n) is 10.2. The van der Waals surface area contributed by atoms with Gasteiger partial charge in [0.15, 0.2) is 0 Å². The zero-order chi connectivity index (χ0) is 22.9. The molecule has 32 heavy (non-hydrogen) atoms. The van der Waals surface area contributed by atoms with Gasteiger partial charge in [-0.3, -0.25) is 9.79 Å². The van der Waals surface area contributed by atoms with Crippen LogP contribution in [0.3, 0.4) is 0 Å². The maximum absolute atomic E-state index is 13.1. The van der Waals surface area contributed by atoms with Crippen molar-refractivity contribution in [2.24, 2.45) is 4.99 Å². The Morgan fingerprint density at radius 2 is 1.75 bits per heavy atom. The minimum absolute atomic E-state index is 0.0994. The number of esters is 1. The maximum Gasteiger partial charge on any atom is 0.338 e. The van der Waals surface area contributed by atoms with Gasteiger partial charge >= 0.3 is 5.97 Å². The molecule has 1 saturated heterocycles. The molecular weight excluding hydrogens is 454 g/mol. The van der Waals surface area contributed by atoms with Gasteiger partial charge in [-0.1, -0.05) is 23.7 Å². The summed E-state index contributed by atoms with van der Waals surface area (Å²) in [5.74, 6) is -0.777. The highest BCUT2D eigenvalue weighted by Gasteiger charge is 2.44. The van der Waals surface area contributed by atoms with Crippen molar-refractivity contribution in [1.82, 2.24) is 9.62 Å². The summed E-state index contributed by atoms with van der Waals surface area (Å²) in [5, 5.41) is 3.49. The highest BCUT2D eigenvalue weighted by molar-refractivity contribution is 7.89. The molecule has 168 valence electrons. The van der Waals surface area contributed by atoms with E-state index < -0.39 is 21.7 Å². The lowest BCUT2D eigenvalue weighted by Crippen LogP contribution is -2.52. The lowest BCUT2D eigenvalue weighted by atomic mass is 10.00. The summed E-state index contributed by atoms with van der Waals surface area (Å²) >= 11 is 5.92. The third-order valence-corrected chi connectivity index (χ3v) is 7.72. The number of piperidine rings is 1. The molecule has 2 aliphatic heterocycles. The molecule has 4 rings (SSSR count). The number of carbonyl (C=O) groups is 2. The number of hydrogen-bond acceptors (Lipinski definition) is 6. The van der Waals surface area contributed by atoms with E-state index in [0.29, 0.717) is 34.7 Å². The molecule has 0 atom stereocenters. The minimum Gasteiger partial charge on any atom is -0.462 e. The van der Waals surface area contributed by atoms with Crippen LogP contribution in [0.2, 0.25) is 5.02 Å². The minimum atomic E-state index is -3.74. The molecule has 2 aromatic carbocycles. The van der Waals surface area contributed by atoms with Gasteiger partial charge in [0.2, 0.25) is 10.0 Å². The van der Waals surface area contributed by atoms with Gasteiger partial charge in [0.25, 0.3) is 5.91 Å². The molecule has 2 aliphatic rings. The molecule has 0 bridgehead atoms. The number of nitrogens with one attached hydrogen (secondary N) is 1. The smallest absolute Gasteiger partial charge is 0.338 e. The second kappa shape index (κ2) is 8.65. The number of halogens is 1. The van der Waals surface area contributed by atoms with Gasteiger partial charge in [-0.25, -0.2) is 13.2 Å². The van der Waals surface area contributed by atoms with Crippen LogP contribution in [-0.4, -0.2) is 55.7 Å². The van der Waals surface area contributed by atoms with Crippen molar-refractivity contribution in [3.05, 3.63) is 64.7 Å². The molecule has 1 amide bonds. The maximum atomic E-state index is 13.1. The quantitative estimate of drug-likeness (QED) is 0.669. The van der Waals surface area contributed by atoms with Gasteiger partial charge in [0.05, 0.1) is 17.1 Å². The molecule has 2 aromatic rings. The van der Waals surface area contributed by atoms with E-state index in [-0.39, 0.29) is 30.5 Å². The van der Waals surface area contributed by atoms with Gasteiger partial charge in [-0.2, -0.15) is 4.31 Å². The lowest BCUT2D eigenvalue weighted by molar-refractivity contribution is -0.115. The van der Waals surface area contributed by atoms with Gasteiger partial charge in [-0.05, 0) is 43.3 Å². The van der Waals surface area contributed by atoms with Gasteiger partial charge < -0.3 is 10.1 Å². The van der Waals surface area contributed by atoms with E-state index in [0.717, 1.165) is 0 Å². The molecule has 0 aliphatic carbocycles. The van der Waals surface area contributed by atoms with Crippen molar-refractivity contribution >= 4 is 39.2 Å². The van der Waals surface area contributed by atoms with Crippen LogP contribution in [0.25, 0.3) is 0 Å². The summed E-state index contributed by atoms with van der Waals surface area (Å²) in [6, 6.07) is 12.5. The van der Waals surface area contributed by atoms with Crippen molar-refractivity contribution in [2.75, 3.05) is 19.7 Å². The number of ether oxygens (including phenoxy) is 1. The predicted molar refractivity (Wildman–Crippen MR) is 119 cm³/mol. The van der Waals surface area contributed by atoms with Crippen molar-refractivity contribution in [2.45, 2.75) is 30.3 Å². The second-order valence-corrected chi connectivity index (χ2v) is 9.98. The Balaban J connectivity index is 1.48. The number of sulfonamides is 1. The summed E-state index contributed by atoms with van der Waals surface area (Å²) in [6.45, 7) is 2.36. The molecule has 0 radical (unpaired) electrons. The number of benzene rings is 2. The first kappa shape index (κ1) is 22.4. The summed E-state index contributed by atoms with van der Waals surface area (Å²) in [6.07, 6.45) is 0.714. The zero-order valence-corrected chi connectivity index (χ0v) is 18.9. The Bertz CT molecular complexity index is 1170. The van der Waals surface area contributed by atoms with Crippen molar-refractivity contribution < 1.29 is 22.7 Å². The van der Waals surface area contributed by atoms with Crippen LogP contribution >= 0.6 is 11.6 Å². The Morgan fingerprint density at radius 1 is 1.12 bits per heavy atom. The van der Waals surface area contributed by atoms with Crippen molar-refractivity contribution in [1.29, 1.82) is 0 Å². The lowest BCUT2D eigenvalue weighted by Gasteiger charge is -2.36. The van der Waals surface area contributed by atoms with Crippen LogP contribution in [0.15, 0.2) is 58.4 Å². The molecule has 1 N–H and O–H groups in total. The number of amides is 1. The van der Waals surface area contributed by atoms with E-state index in [4.69, 9.17) is 16.3 Å². The van der Waals surface area contributed by atoms with Gasteiger partial charge in [0, 0.05) is 36.5 Å². The normalized spacial score (nSPS) is 18.3. The number of nitrogens with zero attached hydrogens (tertiary/aromatic N) is 2. The Hall–Kier alpha value is -2.75. The highest BCUT2D eigenvalue weighted by atomic mass is 35.5. The Morgan fingerprint density at radius 3 is 2.34 bits per heavy atom. The molecule has 0 saturated carbocycles. The fraction of sp³-hybridized carbons (Fsp3) is 0.318. The van der Waals surface area contributed by atoms with E-state index >= 15 is 0 Å². The highest BCUT2D eigenvalue weighted by Crippen LogP contribution is 2.31. The average molecular weight is 476 g/mol. The van der Waals surface area contributed by atoms with Crippen LogP contribution < -0.4 is 5.32 Å². The SMILES string of the molecule is CCOC(=O)c1ccc(S(=O)(=O)N2CCC3(CC2)N=C(c2ccc(Cl)cc2)C(=O)N3)cc1. The van der Waals surface area contributed by atoms with Crippen LogP contribution in [0.1, 0.15) is 35.7 Å². The van der Waals surface area contributed by atoms with E-state index in [9.17, 15) is 18.0 Å². The van der Waals surface area contributed by atoms with Crippen molar-refractivity contribution in [3.8, 4) is 0 Å². The third kappa shape index (κ3) is 4.28. The van der Waals surface area contributed by atoms with E-state index in [1.54, 1.807) is 31.2 Å². The molecule has 2 heterocycles. The fourth-order valence-electron chi connectivity index (χ4n) is 3.83. The fourth-order valence-corrected chi connectivity index (χ4v) is 5.39. The number of rotatable bonds is 5.